The molecule has 0 bridgehead atoms. The Balaban J connectivity index is 3.76. The lowest BCUT2D eigenvalue weighted by atomic mass is 10.1. The molecule has 0 amide bonds. The number of ether oxygens (including phenoxy) is 1. The molecule has 0 aliphatic rings. The van der Waals surface area contributed by atoms with Gasteiger partial charge in [-0.1, -0.05) is 13.0 Å². The zero-order chi connectivity index (χ0) is 7.98. The molecular weight excluding hydrogens is 128 g/mol. The Labute approximate surface area is 61.9 Å². The van der Waals surface area contributed by atoms with Crippen molar-refractivity contribution in [2.24, 2.45) is 5.92 Å². The lowest BCUT2D eigenvalue weighted by Crippen LogP contribution is -2.14. The van der Waals surface area contributed by atoms with Crippen LogP contribution in [0.5, 0.6) is 0 Å². The van der Waals surface area contributed by atoms with Gasteiger partial charge in [0, 0.05) is 0 Å². The molecule has 0 spiro atoms. The summed E-state index contributed by atoms with van der Waals surface area (Å²) < 4.78 is 4.78. The van der Waals surface area contributed by atoms with Crippen molar-refractivity contribution >= 4 is 5.97 Å². The normalized spacial score (nSPS) is 12.2. The second-order valence-corrected chi connectivity index (χ2v) is 2.00. The van der Waals surface area contributed by atoms with Gasteiger partial charge in [-0.3, -0.25) is 4.79 Å². The van der Waals surface area contributed by atoms with Gasteiger partial charge in [-0.2, -0.15) is 0 Å². The molecule has 0 saturated heterocycles. The Morgan fingerprint density at radius 2 is 2.30 bits per heavy atom. The molecule has 0 saturated carbocycles. The number of carbonyl (C=O) groups excluding carboxylic acids is 1. The molecule has 0 fully saturated rings. The molecule has 10 heavy (non-hydrogen) atoms. The van der Waals surface area contributed by atoms with E-state index >= 15 is 0 Å². The topological polar surface area (TPSA) is 26.3 Å². The molecular formula is C8H14O2. The first-order chi connectivity index (χ1) is 4.76. The Bertz CT molecular complexity index is 118. The average Bonchev–Trinajstić information content (AvgIpc) is 1.91. The first-order valence-corrected chi connectivity index (χ1v) is 3.55. The minimum Gasteiger partial charge on any atom is -0.466 e. The third-order valence-electron chi connectivity index (χ3n) is 1.31. The van der Waals surface area contributed by atoms with Crippen molar-refractivity contribution in [2.75, 3.05) is 6.61 Å². The van der Waals surface area contributed by atoms with E-state index in [1.54, 1.807) is 13.0 Å². The summed E-state index contributed by atoms with van der Waals surface area (Å²) in [6.45, 7) is 7.72. The number of rotatable bonds is 4. The van der Waals surface area contributed by atoms with Crippen molar-refractivity contribution in [1.29, 1.82) is 0 Å². The van der Waals surface area contributed by atoms with Crippen LogP contribution in [0.15, 0.2) is 12.7 Å². The summed E-state index contributed by atoms with van der Waals surface area (Å²) in [7, 11) is 0. The van der Waals surface area contributed by atoms with Crippen LogP contribution in [0.25, 0.3) is 0 Å². The highest BCUT2D eigenvalue weighted by Gasteiger charge is 2.11. The van der Waals surface area contributed by atoms with Crippen LogP contribution >= 0.6 is 0 Å². The maximum Gasteiger partial charge on any atom is 0.312 e. The molecule has 2 nitrogen and oxygen atoms in total. The fraction of sp³-hybridized carbons (Fsp3) is 0.625. The molecule has 1 unspecified atom stereocenters. The van der Waals surface area contributed by atoms with Gasteiger partial charge in [0.05, 0.1) is 12.5 Å². The van der Waals surface area contributed by atoms with Crippen LogP contribution < -0.4 is 0 Å². The quantitative estimate of drug-likeness (QED) is 0.441. The van der Waals surface area contributed by atoms with Gasteiger partial charge in [-0.05, 0) is 13.3 Å². The van der Waals surface area contributed by atoms with Gasteiger partial charge in [-0.25, -0.2) is 0 Å². The number of hydrogen-bond acceptors (Lipinski definition) is 2. The molecule has 0 rings (SSSR count). The van der Waals surface area contributed by atoms with Crippen molar-refractivity contribution < 1.29 is 9.53 Å². The molecule has 0 aromatic carbocycles. The molecule has 0 aliphatic carbocycles. The Morgan fingerprint density at radius 3 is 2.60 bits per heavy atom. The Morgan fingerprint density at radius 1 is 1.70 bits per heavy atom. The minimum absolute atomic E-state index is 0.125. The second kappa shape index (κ2) is 5.03. The van der Waals surface area contributed by atoms with Gasteiger partial charge in [0.2, 0.25) is 0 Å². The SMILES string of the molecule is C=CC(CC)C(=O)OCC. The maximum absolute atomic E-state index is 10.9. The van der Waals surface area contributed by atoms with Crippen molar-refractivity contribution in [3.8, 4) is 0 Å². The Hall–Kier alpha value is -0.790. The van der Waals surface area contributed by atoms with Gasteiger partial charge in [0.25, 0.3) is 0 Å². The van der Waals surface area contributed by atoms with Crippen molar-refractivity contribution in [3.05, 3.63) is 12.7 Å². The maximum atomic E-state index is 10.9. The number of esters is 1. The highest BCUT2D eigenvalue weighted by molar-refractivity contribution is 5.74. The predicted molar refractivity (Wildman–Crippen MR) is 40.6 cm³/mol. The zero-order valence-electron chi connectivity index (χ0n) is 6.59. The summed E-state index contributed by atoms with van der Waals surface area (Å²) in [5.41, 5.74) is 0. The van der Waals surface area contributed by atoms with E-state index in [9.17, 15) is 4.79 Å². The van der Waals surface area contributed by atoms with Crippen LogP contribution in [0.2, 0.25) is 0 Å². The zero-order valence-corrected chi connectivity index (χ0v) is 6.59. The van der Waals surface area contributed by atoms with Gasteiger partial charge >= 0.3 is 5.97 Å². The molecule has 0 heterocycles. The highest BCUT2D eigenvalue weighted by atomic mass is 16.5. The van der Waals surface area contributed by atoms with E-state index < -0.39 is 0 Å². The van der Waals surface area contributed by atoms with Crippen LogP contribution in [0.1, 0.15) is 20.3 Å². The molecule has 0 radical (unpaired) electrons. The van der Waals surface area contributed by atoms with Crippen molar-refractivity contribution in [3.63, 3.8) is 0 Å². The molecule has 0 aliphatic heterocycles. The summed E-state index contributed by atoms with van der Waals surface area (Å²) in [4.78, 5) is 10.9. The molecule has 1 atom stereocenters. The van der Waals surface area contributed by atoms with Crippen LogP contribution in [0.4, 0.5) is 0 Å². The first kappa shape index (κ1) is 9.21. The van der Waals surface area contributed by atoms with E-state index in [1.165, 1.54) is 0 Å². The predicted octanol–water partition coefficient (Wildman–Crippen LogP) is 1.76. The van der Waals surface area contributed by atoms with E-state index in [1.807, 2.05) is 6.92 Å². The van der Waals surface area contributed by atoms with Crippen LogP contribution in [0, 0.1) is 5.92 Å². The van der Waals surface area contributed by atoms with Crippen LogP contribution in [-0.2, 0) is 9.53 Å². The summed E-state index contributed by atoms with van der Waals surface area (Å²) in [6, 6.07) is 0. The molecule has 0 aromatic heterocycles. The highest BCUT2D eigenvalue weighted by Crippen LogP contribution is 2.05. The number of hydrogen-bond donors (Lipinski definition) is 0. The van der Waals surface area contributed by atoms with Crippen LogP contribution in [0.3, 0.4) is 0 Å². The van der Waals surface area contributed by atoms with Gasteiger partial charge < -0.3 is 4.74 Å². The standard InChI is InChI=1S/C8H14O2/c1-4-7(5-2)8(9)10-6-3/h4,7H,1,5-6H2,2-3H3. The van der Waals surface area contributed by atoms with Crippen LogP contribution in [-0.4, -0.2) is 12.6 Å². The monoisotopic (exact) mass is 142 g/mol. The third-order valence-corrected chi connectivity index (χ3v) is 1.31. The summed E-state index contributed by atoms with van der Waals surface area (Å²) in [5.74, 6) is -0.292. The molecule has 0 aromatic rings. The number of carbonyl (C=O) groups is 1. The summed E-state index contributed by atoms with van der Waals surface area (Å²) >= 11 is 0. The van der Waals surface area contributed by atoms with E-state index in [0.29, 0.717) is 6.61 Å². The largest absolute Gasteiger partial charge is 0.466 e. The summed E-state index contributed by atoms with van der Waals surface area (Å²) in [6.07, 6.45) is 2.39. The fourth-order valence-electron chi connectivity index (χ4n) is 0.679. The van der Waals surface area contributed by atoms with E-state index in [4.69, 9.17) is 4.74 Å². The minimum atomic E-state index is -0.167. The second-order valence-electron chi connectivity index (χ2n) is 2.00. The Kier molecular flexibility index (Phi) is 4.63. The fourth-order valence-corrected chi connectivity index (χ4v) is 0.679. The van der Waals surface area contributed by atoms with Gasteiger partial charge in [0.1, 0.15) is 0 Å². The van der Waals surface area contributed by atoms with Gasteiger partial charge in [0.15, 0.2) is 0 Å². The third kappa shape index (κ3) is 2.67. The summed E-state index contributed by atoms with van der Waals surface area (Å²) in [5, 5.41) is 0. The van der Waals surface area contributed by atoms with E-state index in [-0.39, 0.29) is 11.9 Å². The van der Waals surface area contributed by atoms with E-state index in [2.05, 4.69) is 6.58 Å². The molecule has 58 valence electrons. The average molecular weight is 142 g/mol. The van der Waals surface area contributed by atoms with E-state index in [0.717, 1.165) is 6.42 Å². The molecule has 2 heteroatoms. The van der Waals surface area contributed by atoms with Crippen molar-refractivity contribution in [2.45, 2.75) is 20.3 Å². The lowest BCUT2D eigenvalue weighted by molar-refractivity contribution is -0.146. The lowest BCUT2D eigenvalue weighted by Gasteiger charge is -2.06. The van der Waals surface area contributed by atoms with Crippen molar-refractivity contribution in [1.82, 2.24) is 0 Å². The van der Waals surface area contributed by atoms with Gasteiger partial charge in [-0.15, -0.1) is 6.58 Å². The smallest absolute Gasteiger partial charge is 0.312 e. The molecule has 0 N–H and O–H groups in total. The first-order valence-electron chi connectivity index (χ1n) is 3.55.